The van der Waals surface area contributed by atoms with Crippen LogP contribution in [0, 0.1) is 10.1 Å². The number of fused-ring (bicyclic) bond motifs is 1. The number of hydrogen-bond donors (Lipinski definition) is 0. The first kappa shape index (κ1) is 14.2. The zero-order chi connectivity index (χ0) is 15.7. The summed E-state index contributed by atoms with van der Waals surface area (Å²) in [6.07, 6.45) is 0. The van der Waals surface area contributed by atoms with Crippen LogP contribution in [0.1, 0.15) is 0 Å². The van der Waals surface area contributed by atoms with Crippen molar-refractivity contribution in [2.75, 3.05) is 7.11 Å². The lowest BCUT2D eigenvalue weighted by atomic mass is 10.1. The van der Waals surface area contributed by atoms with Crippen LogP contribution in [0.2, 0.25) is 0 Å². The van der Waals surface area contributed by atoms with Crippen LogP contribution in [0.3, 0.4) is 0 Å². The Morgan fingerprint density at radius 1 is 1.14 bits per heavy atom. The quantitative estimate of drug-likeness (QED) is 0.544. The van der Waals surface area contributed by atoms with Crippen LogP contribution in [0.4, 0.5) is 5.69 Å². The maximum Gasteiger partial charge on any atom is 0.278 e. The molecular weight excluding hydrogens is 302 g/mol. The van der Waals surface area contributed by atoms with E-state index in [-0.39, 0.29) is 11.1 Å². The third-order valence-electron chi connectivity index (χ3n) is 3.30. The van der Waals surface area contributed by atoms with Crippen molar-refractivity contribution in [1.82, 2.24) is 0 Å². The van der Waals surface area contributed by atoms with Crippen LogP contribution >= 0.6 is 11.3 Å². The average molecular weight is 313 g/mol. The summed E-state index contributed by atoms with van der Waals surface area (Å²) >= 11 is 1.34. The van der Waals surface area contributed by atoms with Gasteiger partial charge < -0.3 is 4.74 Å². The van der Waals surface area contributed by atoms with Gasteiger partial charge >= 0.3 is 0 Å². The van der Waals surface area contributed by atoms with Gasteiger partial charge in [0.15, 0.2) is 5.43 Å². The van der Waals surface area contributed by atoms with Gasteiger partial charge in [-0.1, -0.05) is 12.1 Å². The van der Waals surface area contributed by atoms with Crippen molar-refractivity contribution >= 4 is 27.1 Å². The van der Waals surface area contributed by atoms with Crippen LogP contribution in [0.25, 0.3) is 20.5 Å². The van der Waals surface area contributed by atoms with Crippen molar-refractivity contribution in [3.63, 3.8) is 0 Å². The molecule has 2 aromatic carbocycles. The lowest BCUT2D eigenvalue weighted by Gasteiger charge is -2.06. The number of methoxy groups -OCH3 is 1. The molecule has 0 atom stereocenters. The van der Waals surface area contributed by atoms with Gasteiger partial charge in [-0.2, -0.15) is 0 Å². The summed E-state index contributed by atoms with van der Waals surface area (Å²) in [5.74, 6) is 0.508. The van der Waals surface area contributed by atoms with Crippen molar-refractivity contribution in [3.8, 4) is 16.2 Å². The van der Waals surface area contributed by atoms with Crippen LogP contribution in [-0.4, -0.2) is 12.0 Å². The molecule has 0 unspecified atom stereocenters. The molecule has 0 saturated carbocycles. The lowest BCUT2D eigenvalue weighted by molar-refractivity contribution is -0.384. The number of rotatable bonds is 3. The minimum atomic E-state index is -0.457. The van der Waals surface area contributed by atoms with Crippen LogP contribution in [0.15, 0.2) is 53.3 Å². The largest absolute Gasteiger partial charge is 0.497 e. The molecule has 0 amide bonds. The summed E-state index contributed by atoms with van der Waals surface area (Å²) in [6, 6.07) is 13.2. The van der Waals surface area contributed by atoms with E-state index in [9.17, 15) is 14.9 Å². The Hall–Kier alpha value is -2.73. The van der Waals surface area contributed by atoms with Crippen molar-refractivity contribution < 1.29 is 9.66 Å². The fourth-order valence-electron chi connectivity index (χ4n) is 2.24. The van der Waals surface area contributed by atoms with Crippen LogP contribution < -0.4 is 10.2 Å². The maximum absolute atomic E-state index is 12.2. The molecule has 0 radical (unpaired) electrons. The summed E-state index contributed by atoms with van der Waals surface area (Å²) < 4.78 is 5.93. The second-order valence-corrected chi connectivity index (χ2v) is 5.70. The molecule has 22 heavy (non-hydrogen) atoms. The summed E-state index contributed by atoms with van der Waals surface area (Å²) in [7, 11) is 1.49. The van der Waals surface area contributed by atoms with Gasteiger partial charge in [0.1, 0.15) is 5.75 Å². The van der Waals surface area contributed by atoms with Gasteiger partial charge in [-0.15, -0.1) is 11.3 Å². The van der Waals surface area contributed by atoms with Gasteiger partial charge in [0.05, 0.1) is 17.6 Å². The second-order valence-electron chi connectivity index (χ2n) is 4.61. The van der Waals surface area contributed by atoms with Gasteiger partial charge in [0.25, 0.3) is 5.69 Å². The highest BCUT2D eigenvalue weighted by Crippen LogP contribution is 2.36. The monoisotopic (exact) mass is 313 g/mol. The fourth-order valence-corrected chi connectivity index (χ4v) is 3.34. The Kier molecular flexibility index (Phi) is 3.60. The molecule has 0 aliphatic carbocycles. The Balaban J connectivity index is 2.31. The number of ether oxygens (including phenoxy) is 1. The third kappa shape index (κ3) is 2.44. The number of nitrogens with zero attached hydrogens (tertiary/aromatic N) is 1. The zero-order valence-electron chi connectivity index (χ0n) is 11.6. The molecule has 0 N–H and O–H groups in total. The van der Waals surface area contributed by atoms with E-state index in [0.717, 1.165) is 4.70 Å². The molecular formula is C16H11NO4S. The second kappa shape index (κ2) is 5.57. The van der Waals surface area contributed by atoms with E-state index in [2.05, 4.69) is 0 Å². The first-order valence-electron chi connectivity index (χ1n) is 6.46. The Labute approximate surface area is 129 Å². The highest BCUT2D eigenvalue weighted by molar-refractivity contribution is 7.21. The minimum absolute atomic E-state index is 0.0493. The maximum atomic E-state index is 12.2. The SMILES string of the molecule is COc1ccc([N+](=O)[O-])c(-c2cc(=O)c3ccccc3s2)c1. The summed E-state index contributed by atoms with van der Waals surface area (Å²) in [5.41, 5.74) is 0.186. The first-order valence-corrected chi connectivity index (χ1v) is 7.27. The van der Waals surface area contributed by atoms with Crippen molar-refractivity contribution in [2.24, 2.45) is 0 Å². The third-order valence-corrected chi connectivity index (χ3v) is 4.43. The van der Waals surface area contributed by atoms with Gasteiger partial charge in [0.2, 0.25) is 0 Å². The molecule has 110 valence electrons. The normalized spacial score (nSPS) is 10.6. The van der Waals surface area contributed by atoms with E-state index in [0.29, 0.717) is 21.6 Å². The molecule has 3 aromatic rings. The summed E-state index contributed by atoms with van der Waals surface area (Å²) in [4.78, 5) is 23.5. The van der Waals surface area contributed by atoms with Gasteiger partial charge in [-0.05, 0) is 24.3 Å². The van der Waals surface area contributed by atoms with Crippen molar-refractivity contribution in [3.05, 3.63) is 68.9 Å². The van der Waals surface area contributed by atoms with E-state index in [1.807, 2.05) is 12.1 Å². The standard InChI is InChI=1S/C16H11NO4S/c1-21-10-6-7-13(17(19)20)12(8-10)16-9-14(18)11-4-2-3-5-15(11)22-16/h2-9H,1H3. The smallest absolute Gasteiger partial charge is 0.278 e. The molecule has 0 saturated heterocycles. The molecule has 0 fully saturated rings. The van der Waals surface area contributed by atoms with Crippen molar-refractivity contribution in [2.45, 2.75) is 0 Å². The van der Waals surface area contributed by atoms with Crippen LogP contribution in [-0.2, 0) is 0 Å². The summed E-state index contributed by atoms with van der Waals surface area (Å²) in [6.45, 7) is 0. The lowest BCUT2D eigenvalue weighted by Crippen LogP contribution is -2.00. The highest BCUT2D eigenvalue weighted by atomic mass is 32.1. The predicted octanol–water partition coefficient (Wildman–Crippen LogP) is 3.85. The highest BCUT2D eigenvalue weighted by Gasteiger charge is 2.18. The molecule has 3 rings (SSSR count). The molecule has 6 heteroatoms. The number of hydrogen-bond acceptors (Lipinski definition) is 5. The molecule has 5 nitrogen and oxygen atoms in total. The molecule has 1 aromatic heterocycles. The molecule has 0 spiro atoms. The van der Waals surface area contributed by atoms with Gasteiger partial charge in [-0.3, -0.25) is 14.9 Å². The zero-order valence-corrected chi connectivity index (χ0v) is 12.4. The number of nitro benzene ring substituents is 1. The Morgan fingerprint density at radius 3 is 2.64 bits per heavy atom. The van der Waals surface area contributed by atoms with E-state index in [4.69, 9.17) is 4.74 Å². The minimum Gasteiger partial charge on any atom is -0.497 e. The number of nitro groups is 1. The van der Waals surface area contributed by atoms with Crippen LogP contribution in [0.5, 0.6) is 5.75 Å². The average Bonchev–Trinajstić information content (AvgIpc) is 2.54. The van der Waals surface area contributed by atoms with E-state index in [1.54, 1.807) is 18.2 Å². The van der Waals surface area contributed by atoms with E-state index >= 15 is 0 Å². The van der Waals surface area contributed by atoms with Gasteiger partial charge in [-0.25, -0.2) is 0 Å². The van der Waals surface area contributed by atoms with E-state index in [1.165, 1.54) is 36.6 Å². The van der Waals surface area contributed by atoms with Crippen molar-refractivity contribution in [1.29, 1.82) is 0 Å². The molecule has 0 aliphatic heterocycles. The molecule has 0 aliphatic rings. The Morgan fingerprint density at radius 2 is 1.91 bits per heavy atom. The fraction of sp³-hybridized carbons (Fsp3) is 0.0625. The first-order chi connectivity index (χ1) is 10.6. The number of benzene rings is 2. The molecule has 0 bridgehead atoms. The predicted molar refractivity (Wildman–Crippen MR) is 86.7 cm³/mol. The Bertz CT molecular complexity index is 933. The topological polar surface area (TPSA) is 69.4 Å². The summed E-state index contributed by atoms with van der Waals surface area (Å²) in [5, 5.41) is 11.8. The van der Waals surface area contributed by atoms with Gasteiger partial charge in [0, 0.05) is 27.1 Å². The molecule has 1 heterocycles. The van der Waals surface area contributed by atoms with E-state index < -0.39 is 4.92 Å².